The number of nitrogens with one attached hydrogen (secondary N) is 2. The predicted molar refractivity (Wildman–Crippen MR) is 121 cm³/mol. The molecule has 6 nitrogen and oxygen atoms in total. The molecule has 2 aromatic carbocycles. The van der Waals surface area contributed by atoms with Crippen LogP contribution in [0.2, 0.25) is 0 Å². The summed E-state index contributed by atoms with van der Waals surface area (Å²) in [4.78, 5) is 12.7. The van der Waals surface area contributed by atoms with E-state index in [0.29, 0.717) is 30.9 Å². The fraction of sp³-hybridized carbons (Fsp3) is 0.261. The van der Waals surface area contributed by atoms with E-state index < -0.39 is 27.1 Å². The van der Waals surface area contributed by atoms with E-state index >= 15 is 0 Å². The first-order chi connectivity index (χ1) is 15.4. The van der Waals surface area contributed by atoms with Crippen molar-refractivity contribution in [2.75, 3.05) is 6.54 Å². The van der Waals surface area contributed by atoms with Gasteiger partial charge in [-0.1, -0.05) is 12.1 Å². The lowest BCUT2D eigenvalue weighted by molar-refractivity contribution is -0.123. The molecular formula is C23H23FN2O4S2. The van der Waals surface area contributed by atoms with Crippen LogP contribution in [0, 0.1) is 5.82 Å². The summed E-state index contributed by atoms with van der Waals surface area (Å²) in [7, 11) is -4.05. The molecule has 0 radical (unpaired) electrons. The molecule has 3 aromatic rings. The van der Waals surface area contributed by atoms with Gasteiger partial charge in [0.15, 0.2) is 5.37 Å². The largest absolute Gasteiger partial charge is 0.489 e. The fourth-order valence-corrected chi connectivity index (χ4v) is 5.76. The predicted octanol–water partition coefficient (Wildman–Crippen LogP) is 3.81. The molecule has 9 heteroatoms. The topological polar surface area (TPSA) is 84.5 Å². The van der Waals surface area contributed by atoms with E-state index in [0.717, 1.165) is 24.1 Å². The molecular weight excluding hydrogens is 451 g/mol. The van der Waals surface area contributed by atoms with Gasteiger partial charge >= 0.3 is 0 Å². The van der Waals surface area contributed by atoms with Gasteiger partial charge in [-0.2, -0.15) is 11.3 Å². The van der Waals surface area contributed by atoms with Crippen molar-refractivity contribution in [2.24, 2.45) is 0 Å². The van der Waals surface area contributed by atoms with E-state index in [1.165, 1.54) is 12.1 Å². The molecule has 0 bridgehead atoms. The molecule has 168 valence electrons. The number of hydrogen-bond acceptors (Lipinski definition) is 6. The molecule has 1 aliphatic heterocycles. The summed E-state index contributed by atoms with van der Waals surface area (Å²) in [6.45, 7) is 1.06. The third-order valence-corrected chi connectivity index (χ3v) is 7.92. The van der Waals surface area contributed by atoms with Crippen LogP contribution in [0.5, 0.6) is 5.75 Å². The number of carbonyl (C=O) groups excluding carboxylic acids is 1. The van der Waals surface area contributed by atoms with Crippen molar-refractivity contribution >= 4 is 27.1 Å². The lowest BCUT2D eigenvalue weighted by atomic mass is 10.2. The Morgan fingerprint density at radius 1 is 1.22 bits per heavy atom. The molecule has 1 aromatic heterocycles. The average molecular weight is 475 g/mol. The van der Waals surface area contributed by atoms with Gasteiger partial charge in [-0.3, -0.25) is 4.79 Å². The Morgan fingerprint density at radius 2 is 2.03 bits per heavy atom. The van der Waals surface area contributed by atoms with Crippen LogP contribution >= 0.6 is 11.3 Å². The minimum absolute atomic E-state index is 0.0758. The second-order valence-electron chi connectivity index (χ2n) is 7.53. The molecule has 0 spiro atoms. The minimum Gasteiger partial charge on any atom is -0.489 e. The minimum atomic E-state index is -4.05. The number of amides is 1. The zero-order chi connectivity index (χ0) is 22.6. The molecule has 0 saturated carbocycles. The number of carbonyl (C=O) groups is 1. The highest BCUT2D eigenvalue weighted by Gasteiger charge is 2.33. The normalized spacial score (nSPS) is 17.1. The maximum atomic E-state index is 13.5. The molecule has 1 fully saturated rings. The molecule has 4 rings (SSSR count). The van der Waals surface area contributed by atoms with Gasteiger partial charge in [-0.15, -0.1) is 0 Å². The lowest BCUT2D eigenvalue weighted by Gasteiger charge is -2.22. The Morgan fingerprint density at radius 3 is 2.72 bits per heavy atom. The van der Waals surface area contributed by atoms with E-state index in [1.54, 1.807) is 35.6 Å². The van der Waals surface area contributed by atoms with Gasteiger partial charge in [0.2, 0.25) is 15.7 Å². The van der Waals surface area contributed by atoms with Crippen LogP contribution in [0.4, 0.5) is 4.39 Å². The van der Waals surface area contributed by atoms with Crippen molar-refractivity contribution in [2.45, 2.75) is 35.8 Å². The summed E-state index contributed by atoms with van der Waals surface area (Å²) >= 11 is 1.56. The third-order valence-electron chi connectivity index (χ3n) is 5.25. The summed E-state index contributed by atoms with van der Waals surface area (Å²) in [6, 6.07) is 12.7. The van der Waals surface area contributed by atoms with Crippen LogP contribution in [0.25, 0.3) is 0 Å². The van der Waals surface area contributed by atoms with Crippen molar-refractivity contribution in [3.05, 3.63) is 82.3 Å². The van der Waals surface area contributed by atoms with Crippen LogP contribution in [0.15, 0.2) is 70.3 Å². The van der Waals surface area contributed by atoms with Crippen molar-refractivity contribution in [1.29, 1.82) is 0 Å². The maximum absolute atomic E-state index is 13.5. The van der Waals surface area contributed by atoms with E-state index in [1.807, 2.05) is 16.8 Å². The number of benzene rings is 2. The number of rotatable bonds is 8. The van der Waals surface area contributed by atoms with E-state index in [-0.39, 0.29) is 10.8 Å². The number of hydrogen-bond donors (Lipinski definition) is 2. The number of halogens is 1. The fourth-order valence-electron chi connectivity index (χ4n) is 3.55. The van der Waals surface area contributed by atoms with Crippen molar-refractivity contribution in [3.63, 3.8) is 0 Å². The first-order valence-corrected chi connectivity index (χ1v) is 12.7. The second-order valence-corrected chi connectivity index (χ2v) is 10.3. The molecule has 1 saturated heterocycles. The van der Waals surface area contributed by atoms with Gasteiger partial charge in [-0.25, -0.2) is 12.8 Å². The van der Waals surface area contributed by atoms with Gasteiger partial charge in [-0.05, 0) is 83.7 Å². The maximum Gasteiger partial charge on any atom is 0.238 e. The van der Waals surface area contributed by atoms with Gasteiger partial charge in [0, 0.05) is 0 Å². The average Bonchev–Trinajstić information content (AvgIpc) is 3.51. The smallest absolute Gasteiger partial charge is 0.238 e. The van der Waals surface area contributed by atoms with E-state index in [9.17, 15) is 17.6 Å². The summed E-state index contributed by atoms with van der Waals surface area (Å²) in [5.41, 5.74) is 1.37. The standard InChI is InChI=1S/C23H23FN2O4S2/c24-18-6-8-20(9-7-18)32(28,29)23(26-22(27)21-5-2-11-25-21)17-3-1-4-19(13-17)30-14-16-10-12-31-15-16/h1,3-4,6-10,12-13,15,21,23,25H,2,5,11,14H2,(H,26,27)/t21?,23-/m0/s1. The Kier molecular flexibility index (Phi) is 6.88. The zero-order valence-electron chi connectivity index (χ0n) is 17.2. The zero-order valence-corrected chi connectivity index (χ0v) is 18.8. The van der Waals surface area contributed by atoms with Gasteiger partial charge in [0.05, 0.1) is 10.9 Å². The molecule has 2 N–H and O–H groups in total. The van der Waals surface area contributed by atoms with Crippen molar-refractivity contribution in [1.82, 2.24) is 10.6 Å². The molecule has 1 amide bonds. The molecule has 32 heavy (non-hydrogen) atoms. The molecule has 0 aliphatic carbocycles. The lowest BCUT2D eigenvalue weighted by Crippen LogP contribution is -2.44. The molecule has 2 atom stereocenters. The second kappa shape index (κ2) is 9.81. The number of sulfone groups is 1. The number of ether oxygens (including phenoxy) is 1. The number of thiophene rings is 1. The van der Waals surface area contributed by atoms with Crippen LogP contribution < -0.4 is 15.4 Å². The first kappa shape index (κ1) is 22.4. The summed E-state index contributed by atoms with van der Waals surface area (Å²) < 4.78 is 46.1. The monoisotopic (exact) mass is 474 g/mol. The molecule has 2 heterocycles. The highest BCUT2D eigenvalue weighted by molar-refractivity contribution is 7.91. The van der Waals surface area contributed by atoms with Gasteiger partial charge in [0.25, 0.3) is 0 Å². The Hall–Kier alpha value is -2.75. The van der Waals surface area contributed by atoms with Gasteiger partial charge < -0.3 is 15.4 Å². The van der Waals surface area contributed by atoms with Crippen LogP contribution in [-0.4, -0.2) is 26.9 Å². The highest BCUT2D eigenvalue weighted by Crippen LogP contribution is 2.30. The summed E-state index contributed by atoms with van der Waals surface area (Å²) in [5, 5.41) is 8.35. The van der Waals surface area contributed by atoms with E-state index in [4.69, 9.17) is 4.74 Å². The third kappa shape index (κ3) is 5.17. The Balaban J connectivity index is 1.64. The van der Waals surface area contributed by atoms with E-state index in [2.05, 4.69) is 10.6 Å². The van der Waals surface area contributed by atoms with Crippen LogP contribution in [0.1, 0.15) is 29.3 Å². The summed E-state index contributed by atoms with van der Waals surface area (Å²) in [5.74, 6) is -0.437. The van der Waals surface area contributed by atoms with Crippen molar-refractivity contribution < 1.29 is 22.3 Å². The Bertz CT molecular complexity index is 1160. The highest BCUT2D eigenvalue weighted by atomic mass is 32.2. The Labute approximate surface area is 190 Å². The molecule has 1 aliphatic rings. The summed E-state index contributed by atoms with van der Waals surface area (Å²) in [6.07, 6.45) is 1.48. The SMILES string of the molecule is O=C(N[C@H](c1cccc(OCc2ccsc2)c1)S(=O)(=O)c1ccc(F)cc1)C1CCCN1. The molecule has 1 unspecified atom stereocenters. The quantitative estimate of drug-likeness (QED) is 0.485. The van der Waals surface area contributed by atoms with Crippen molar-refractivity contribution in [3.8, 4) is 5.75 Å². The first-order valence-electron chi connectivity index (χ1n) is 10.2. The van der Waals surface area contributed by atoms with Gasteiger partial charge in [0.1, 0.15) is 18.2 Å². The van der Waals surface area contributed by atoms with Crippen LogP contribution in [0.3, 0.4) is 0 Å². The van der Waals surface area contributed by atoms with Crippen LogP contribution in [-0.2, 0) is 21.2 Å².